The van der Waals surface area contributed by atoms with Crippen molar-refractivity contribution in [1.82, 2.24) is 19.6 Å². The second-order valence-corrected chi connectivity index (χ2v) is 8.57. The molecule has 3 aliphatic heterocycles. The van der Waals surface area contributed by atoms with Crippen LogP contribution in [-0.4, -0.2) is 95.3 Å². The molecule has 9 nitrogen and oxygen atoms in total. The Bertz CT molecular complexity index is 776. The van der Waals surface area contributed by atoms with E-state index >= 15 is 0 Å². The van der Waals surface area contributed by atoms with E-state index in [1.54, 1.807) is 0 Å². The molecule has 186 valence electrons. The minimum absolute atomic E-state index is 0.181. The molecule has 0 bridgehead atoms. The highest BCUT2D eigenvalue weighted by Gasteiger charge is 2.38. The van der Waals surface area contributed by atoms with Gasteiger partial charge in [-0.25, -0.2) is 4.79 Å². The highest BCUT2D eigenvalue weighted by Crippen LogP contribution is 2.22. The number of nitrogens with zero attached hydrogens (tertiary/aromatic N) is 4. The molecule has 12 heteroatoms. The number of carboxylic acids is 1. The maximum atomic E-state index is 12.5. The van der Waals surface area contributed by atoms with Crippen molar-refractivity contribution in [3.8, 4) is 0 Å². The summed E-state index contributed by atoms with van der Waals surface area (Å²) in [5.41, 5.74) is 1.17. The fraction of sp³-hybridized carbons (Fsp3) is 0.762. The molecule has 1 atom stereocenters. The van der Waals surface area contributed by atoms with Crippen molar-refractivity contribution in [1.29, 1.82) is 0 Å². The standard InChI is InChI=1S/C19H30N4O3.C2HF3O2/c24-19(22-7-1-2-8-22)13-21-11-17-3-6-20-23(17)18(12-21)15-26-14-16-4-9-25-10-5-16;3-2(4,5)1(6)7/h3,6,16,18H,1-2,4-5,7-15H2;(H,6,7). The highest BCUT2D eigenvalue weighted by atomic mass is 19.4. The summed E-state index contributed by atoms with van der Waals surface area (Å²) >= 11 is 0. The van der Waals surface area contributed by atoms with Gasteiger partial charge in [0.05, 0.1) is 24.9 Å². The Morgan fingerprint density at radius 1 is 1.18 bits per heavy atom. The molecule has 0 saturated carbocycles. The molecule has 1 unspecified atom stereocenters. The molecular weight excluding hydrogens is 445 g/mol. The smallest absolute Gasteiger partial charge is 0.475 e. The third kappa shape index (κ3) is 7.68. The Hall–Kier alpha value is -2.18. The monoisotopic (exact) mass is 476 g/mol. The number of carbonyl (C=O) groups is 2. The minimum atomic E-state index is -5.08. The van der Waals surface area contributed by atoms with Crippen LogP contribution in [0.4, 0.5) is 13.2 Å². The SMILES string of the molecule is O=C(CN1Cc2ccnn2C(COCC2CCOCC2)C1)N1CCCC1.O=C(O)C(F)(F)F. The number of ether oxygens (including phenoxy) is 2. The van der Waals surface area contributed by atoms with Crippen LogP contribution in [-0.2, 0) is 25.6 Å². The van der Waals surface area contributed by atoms with Crippen LogP contribution >= 0.6 is 0 Å². The number of hydrogen-bond donors (Lipinski definition) is 1. The summed E-state index contributed by atoms with van der Waals surface area (Å²) in [4.78, 5) is 25.7. The van der Waals surface area contributed by atoms with Gasteiger partial charge in [0.1, 0.15) is 0 Å². The number of halogens is 3. The number of likely N-dealkylation sites (tertiary alicyclic amines) is 1. The number of aliphatic carboxylic acids is 1. The van der Waals surface area contributed by atoms with E-state index in [1.165, 1.54) is 5.69 Å². The zero-order valence-corrected chi connectivity index (χ0v) is 18.5. The summed E-state index contributed by atoms with van der Waals surface area (Å²) < 4.78 is 45.3. The fourth-order valence-electron chi connectivity index (χ4n) is 4.25. The quantitative estimate of drug-likeness (QED) is 0.670. The lowest BCUT2D eigenvalue weighted by Gasteiger charge is -2.34. The van der Waals surface area contributed by atoms with Gasteiger partial charge in [0.2, 0.25) is 5.91 Å². The van der Waals surface area contributed by atoms with Crippen LogP contribution in [0.2, 0.25) is 0 Å². The summed E-state index contributed by atoms with van der Waals surface area (Å²) in [7, 11) is 0. The van der Waals surface area contributed by atoms with E-state index in [-0.39, 0.29) is 11.9 Å². The number of rotatable bonds is 6. The second kappa shape index (κ2) is 11.8. The lowest BCUT2D eigenvalue weighted by molar-refractivity contribution is -0.192. The molecule has 3 aliphatic rings. The molecule has 4 heterocycles. The van der Waals surface area contributed by atoms with Gasteiger partial charge in [-0.1, -0.05) is 0 Å². The van der Waals surface area contributed by atoms with Gasteiger partial charge < -0.3 is 19.5 Å². The van der Waals surface area contributed by atoms with Gasteiger partial charge in [0.15, 0.2) is 0 Å². The van der Waals surface area contributed by atoms with Gasteiger partial charge >= 0.3 is 12.1 Å². The van der Waals surface area contributed by atoms with Gasteiger partial charge in [-0.05, 0) is 37.7 Å². The lowest BCUT2D eigenvalue weighted by Crippen LogP contribution is -2.45. The Kier molecular flexibility index (Phi) is 9.10. The van der Waals surface area contributed by atoms with Gasteiger partial charge in [0.25, 0.3) is 0 Å². The van der Waals surface area contributed by atoms with E-state index < -0.39 is 12.1 Å². The molecule has 1 N–H and O–H groups in total. The summed E-state index contributed by atoms with van der Waals surface area (Å²) in [6.45, 7) is 7.11. The van der Waals surface area contributed by atoms with Gasteiger partial charge in [-0.2, -0.15) is 18.3 Å². The summed E-state index contributed by atoms with van der Waals surface area (Å²) in [6.07, 6.45) is 1.23. The molecule has 33 heavy (non-hydrogen) atoms. The predicted molar refractivity (Wildman–Crippen MR) is 110 cm³/mol. The number of amides is 1. The molecule has 1 amide bonds. The van der Waals surface area contributed by atoms with Crippen molar-refractivity contribution in [3.63, 3.8) is 0 Å². The molecule has 0 aliphatic carbocycles. The van der Waals surface area contributed by atoms with Crippen molar-refractivity contribution >= 4 is 11.9 Å². The summed E-state index contributed by atoms with van der Waals surface area (Å²) in [6, 6.07) is 2.23. The van der Waals surface area contributed by atoms with Gasteiger partial charge in [0, 0.05) is 52.2 Å². The number of carboxylic acid groups (broad SMARTS) is 1. The molecular formula is C21H31F3N4O5. The van der Waals surface area contributed by atoms with Crippen LogP contribution in [0.15, 0.2) is 12.3 Å². The van der Waals surface area contributed by atoms with Crippen molar-refractivity contribution in [3.05, 3.63) is 18.0 Å². The normalized spacial score (nSPS) is 21.9. The molecule has 0 spiro atoms. The van der Waals surface area contributed by atoms with Gasteiger partial charge in [-0.3, -0.25) is 14.4 Å². The van der Waals surface area contributed by atoms with E-state index in [9.17, 15) is 18.0 Å². The second-order valence-electron chi connectivity index (χ2n) is 8.57. The van der Waals surface area contributed by atoms with Crippen LogP contribution in [0.5, 0.6) is 0 Å². The fourth-order valence-corrected chi connectivity index (χ4v) is 4.25. The first kappa shape index (κ1) is 25.4. The maximum Gasteiger partial charge on any atom is 0.490 e. The average molecular weight is 476 g/mol. The van der Waals surface area contributed by atoms with Crippen LogP contribution in [0.3, 0.4) is 0 Å². The predicted octanol–water partition coefficient (Wildman–Crippen LogP) is 1.94. The number of fused-ring (bicyclic) bond motifs is 1. The topological polar surface area (TPSA) is 97.1 Å². The number of aromatic nitrogens is 2. The Morgan fingerprint density at radius 2 is 1.85 bits per heavy atom. The zero-order chi connectivity index (χ0) is 23.8. The van der Waals surface area contributed by atoms with Gasteiger partial charge in [-0.15, -0.1) is 0 Å². The van der Waals surface area contributed by atoms with Crippen LogP contribution in [0.25, 0.3) is 0 Å². The Labute approximate surface area is 190 Å². The van der Waals surface area contributed by atoms with E-state index in [0.29, 0.717) is 19.1 Å². The number of carbonyl (C=O) groups excluding carboxylic acids is 1. The van der Waals surface area contributed by atoms with Crippen LogP contribution in [0.1, 0.15) is 37.4 Å². The number of alkyl halides is 3. The van der Waals surface area contributed by atoms with E-state index in [1.807, 2.05) is 11.1 Å². The minimum Gasteiger partial charge on any atom is -0.475 e. The van der Waals surface area contributed by atoms with Crippen molar-refractivity contribution in [2.24, 2.45) is 5.92 Å². The maximum absolute atomic E-state index is 12.5. The molecule has 0 aromatic carbocycles. The third-order valence-corrected chi connectivity index (χ3v) is 6.02. The van der Waals surface area contributed by atoms with E-state index in [4.69, 9.17) is 19.4 Å². The lowest BCUT2D eigenvalue weighted by atomic mass is 10.0. The first-order valence-corrected chi connectivity index (χ1v) is 11.2. The van der Waals surface area contributed by atoms with E-state index in [2.05, 4.69) is 20.7 Å². The number of hydrogen-bond acceptors (Lipinski definition) is 6. The van der Waals surface area contributed by atoms with Crippen molar-refractivity contribution in [2.75, 3.05) is 52.6 Å². The molecule has 1 aromatic heterocycles. The Morgan fingerprint density at radius 3 is 2.48 bits per heavy atom. The van der Waals surface area contributed by atoms with Crippen molar-refractivity contribution < 1.29 is 37.3 Å². The van der Waals surface area contributed by atoms with Crippen LogP contribution in [0, 0.1) is 5.92 Å². The highest BCUT2D eigenvalue weighted by molar-refractivity contribution is 5.78. The molecule has 2 fully saturated rings. The zero-order valence-electron chi connectivity index (χ0n) is 18.5. The largest absolute Gasteiger partial charge is 0.490 e. The third-order valence-electron chi connectivity index (χ3n) is 6.02. The molecule has 4 rings (SSSR count). The molecule has 2 saturated heterocycles. The summed E-state index contributed by atoms with van der Waals surface area (Å²) in [5, 5.41) is 11.6. The first-order chi connectivity index (χ1) is 15.7. The average Bonchev–Trinajstić information content (AvgIpc) is 3.46. The van der Waals surface area contributed by atoms with Crippen molar-refractivity contribution in [2.45, 2.75) is 44.4 Å². The van der Waals surface area contributed by atoms with E-state index in [0.717, 1.165) is 71.7 Å². The first-order valence-electron chi connectivity index (χ1n) is 11.2. The van der Waals surface area contributed by atoms with Crippen LogP contribution < -0.4 is 0 Å². The Balaban J connectivity index is 0.000000383. The summed E-state index contributed by atoms with van der Waals surface area (Å²) in [5.74, 6) is -1.89. The molecule has 0 radical (unpaired) electrons. The molecule has 1 aromatic rings.